The predicted molar refractivity (Wildman–Crippen MR) is 72.4 cm³/mol. The first-order valence-electron chi connectivity index (χ1n) is 6.07. The zero-order valence-corrected chi connectivity index (χ0v) is 11.6. The maximum Gasteiger partial charge on any atom is 0.307 e. The Kier molecular flexibility index (Phi) is 5.25. The highest BCUT2D eigenvalue weighted by Crippen LogP contribution is 2.20. The lowest BCUT2D eigenvalue weighted by molar-refractivity contribution is -0.156. The van der Waals surface area contributed by atoms with Crippen LogP contribution in [0.25, 0.3) is 0 Å². The summed E-state index contributed by atoms with van der Waals surface area (Å²) in [7, 11) is 0. The summed E-state index contributed by atoms with van der Waals surface area (Å²) in [6, 6.07) is 5.49. The highest BCUT2D eigenvalue weighted by Gasteiger charge is 2.25. The lowest BCUT2D eigenvalue weighted by Crippen LogP contribution is -2.34. The van der Waals surface area contributed by atoms with Crippen LogP contribution in [0.5, 0.6) is 0 Å². The fourth-order valence-corrected chi connectivity index (χ4v) is 1.76. The molecule has 0 spiro atoms. The molecule has 1 aromatic carbocycles. The molecule has 0 aromatic heterocycles. The van der Waals surface area contributed by atoms with Crippen LogP contribution in [0.4, 0.5) is 5.69 Å². The van der Waals surface area contributed by atoms with Crippen LogP contribution in [0.1, 0.15) is 24.5 Å². The van der Waals surface area contributed by atoms with E-state index in [4.69, 9.17) is 9.84 Å². The molecule has 2 N–H and O–H groups in total. The number of amides is 1. The molecule has 0 bridgehead atoms. The average molecular weight is 279 g/mol. The zero-order chi connectivity index (χ0) is 15.3. The molecule has 0 aliphatic carbocycles. The lowest BCUT2D eigenvalue weighted by Gasteiger charge is -2.17. The molecule has 6 nitrogen and oxygen atoms in total. The molecule has 0 aliphatic heterocycles. The van der Waals surface area contributed by atoms with Crippen molar-refractivity contribution in [1.82, 2.24) is 0 Å². The Hall–Kier alpha value is -2.37. The van der Waals surface area contributed by atoms with Gasteiger partial charge in [-0.05, 0) is 25.0 Å². The number of aryl methyl sites for hydroxylation is 2. The van der Waals surface area contributed by atoms with E-state index < -0.39 is 30.4 Å². The van der Waals surface area contributed by atoms with Crippen LogP contribution in [-0.4, -0.2) is 29.1 Å². The van der Waals surface area contributed by atoms with Gasteiger partial charge in [-0.3, -0.25) is 14.4 Å². The minimum Gasteiger partial charge on any atom is -0.481 e. The first kappa shape index (κ1) is 15.7. The average Bonchev–Trinajstić information content (AvgIpc) is 2.31. The third-order valence-electron chi connectivity index (χ3n) is 2.69. The molecule has 1 unspecified atom stereocenters. The van der Waals surface area contributed by atoms with E-state index in [1.54, 1.807) is 0 Å². The number of nitrogens with one attached hydrogen (secondary N) is 1. The summed E-state index contributed by atoms with van der Waals surface area (Å²) in [5, 5.41) is 11.4. The number of anilines is 1. The summed E-state index contributed by atoms with van der Waals surface area (Å²) in [5.41, 5.74) is 2.28. The van der Waals surface area contributed by atoms with E-state index in [9.17, 15) is 14.4 Å². The monoisotopic (exact) mass is 279 g/mol. The molecular weight excluding hydrogens is 262 g/mol. The van der Waals surface area contributed by atoms with Crippen LogP contribution in [0.15, 0.2) is 18.2 Å². The van der Waals surface area contributed by atoms with Crippen LogP contribution in [0, 0.1) is 13.8 Å². The number of benzene rings is 1. The number of hydrogen-bond acceptors (Lipinski definition) is 4. The lowest BCUT2D eigenvalue weighted by atomic mass is 10.1. The standard InChI is InChI=1S/C14H17NO5/c1-8-5-4-6-9(2)13(8)15-14(19)11(7-12(17)18)20-10(3)16/h4-6,11H,7H2,1-3H3,(H,15,19)(H,17,18). The second kappa shape index (κ2) is 6.70. The molecule has 6 heteroatoms. The number of ether oxygens (including phenoxy) is 1. The largest absolute Gasteiger partial charge is 0.481 e. The highest BCUT2D eigenvalue weighted by atomic mass is 16.5. The van der Waals surface area contributed by atoms with Gasteiger partial charge >= 0.3 is 11.9 Å². The van der Waals surface area contributed by atoms with Crippen LogP contribution in [0.3, 0.4) is 0 Å². The molecule has 0 saturated heterocycles. The summed E-state index contributed by atoms with van der Waals surface area (Å²) < 4.78 is 4.74. The first-order valence-corrected chi connectivity index (χ1v) is 6.07. The van der Waals surface area contributed by atoms with Gasteiger partial charge in [0.15, 0.2) is 6.10 Å². The second-order valence-corrected chi connectivity index (χ2v) is 4.45. The molecule has 0 heterocycles. The van der Waals surface area contributed by atoms with Gasteiger partial charge in [0, 0.05) is 12.6 Å². The molecule has 0 fully saturated rings. The molecule has 1 aromatic rings. The number of aliphatic carboxylic acids is 1. The van der Waals surface area contributed by atoms with Crippen molar-refractivity contribution in [2.75, 3.05) is 5.32 Å². The quantitative estimate of drug-likeness (QED) is 0.799. The van der Waals surface area contributed by atoms with Gasteiger partial charge in [0.25, 0.3) is 5.91 Å². The Balaban J connectivity index is 2.90. The second-order valence-electron chi connectivity index (χ2n) is 4.45. The Bertz CT molecular complexity index is 502. The third-order valence-corrected chi connectivity index (χ3v) is 2.69. The van der Waals surface area contributed by atoms with E-state index in [-0.39, 0.29) is 0 Å². The van der Waals surface area contributed by atoms with E-state index in [0.29, 0.717) is 5.69 Å². The fourth-order valence-electron chi connectivity index (χ4n) is 1.76. The van der Waals surface area contributed by atoms with E-state index in [1.807, 2.05) is 32.0 Å². The van der Waals surface area contributed by atoms with Gasteiger partial charge < -0.3 is 15.2 Å². The van der Waals surface area contributed by atoms with Gasteiger partial charge in [0.05, 0.1) is 6.42 Å². The number of para-hydroxylation sites is 1. The van der Waals surface area contributed by atoms with Crippen molar-refractivity contribution < 1.29 is 24.2 Å². The number of carbonyl (C=O) groups is 3. The maximum atomic E-state index is 12.0. The van der Waals surface area contributed by atoms with Gasteiger partial charge in [-0.15, -0.1) is 0 Å². The van der Waals surface area contributed by atoms with E-state index >= 15 is 0 Å². The van der Waals surface area contributed by atoms with Gasteiger partial charge in [-0.1, -0.05) is 18.2 Å². The van der Waals surface area contributed by atoms with Crippen molar-refractivity contribution in [3.05, 3.63) is 29.3 Å². The number of carboxylic acids is 1. The van der Waals surface area contributed by atoms with Gasteiger partial charge in [-0.25, -0.2) is 0 Å². The minimum atomic E-state index is -1.34. The number of hydrogen-bond donors (Lipinski definition) is 2. The molecule has 1 rings (SSSR count). The fraction of sp³-hybridized carbons (Fsp3) is 0.357. The Labute approximate surface area is 116 Å². The van der Waals surface area contributed by atoms with Gasteiger partial charge in [0.1, 0.15) is 0 Å². The SMILES string of the molecule is CC(=O)OC(CC(=O)O)C(=O)Nc1c(C)cccc1C. The summed E-state index contributed by atoms with van der Waals surface area (Å²) in [6.07, 6.45) is -1.92. The number of carbonyl (C=O) groups excluding carboxylic acids is 2. The molecule has 1 amide bonds. The smallest absolute Gasteiger partial charge is 0.307 e. The van der Waals surface area contributed by atoms with Crippen LogP contribution < -0.4 is 5.32 Å². The number of carboxylic acid groups (broad SMARTS) is 1. The van der Waals surface area contributed by atoms with Crippen molar-refractivity contribution in [1.29, 1.82) is 0 Å². The van der Waals surface area contributed by atoms with Crippen LogP contribution in [-0.2, 0) is 19.1 Å². The predicted octanol–water partition coefficient (Wildman–Crippen LogP) is 1.65. The summed E-state index contributed by atoms with van der Waals surface area (Å²) in [4.78, 5) is 33.7. The van der Waals surface area contributed by atoms with Crippen LogP contribution >= 0.6 is 0 Å². The van der Waals surface area contributed by atoms with E-state index in [2.05, 4.69) is 5.32 Å². The molecule has 0 aliphatic rings. The van der Waals surface area contributed by atoms with Crippen molar-refractivity contribution >= 4 is 23.5 Å². The molecule has 1 atom stereocenters. The molecule has 0 radical (unpaired) electrons. The van der Waals surface area contributed by atoms with Gasteiger partial charge in [0.2, 0.25) is 0 Å². The number of esters is 1. The highest BCUT2D eigenvalue weighted by molar-refractivity contribution is 5.98. The van der Waals surface area contributed by atoms with E-state index in [1.165, 1.54) is 0 Å². The maximum absolute atomic E-state index is 12.0. The Morgan fingerprint density at radius 1 is 1.25 bits per heavy atom. The third kappa shape index (κ3) is 4.38. The molecule has 20 heavy (non-hydrogen) atoms. The Morgan fingerprint density at radius 2 is 1.80 bits per heavy atom. The zero-order valence-electron chi connectivity index (χ0n) is 11.6. The Morgan fingerprint density at radius 3 is 2.25 bits per heavy atom. The van der Waals surface area contributed by atoms with Gasteiger partial charge in [-0.2, -0.15) is 0 Å². The van der Waals surface area contributed by atoms with Crippen molar-refractivity contribution in [3.8, 4) is 0 Å². The van der Waals surface area contributed by atoms with Crippen molar-refractivity contribution in [3.63, 3.8) is 0 Å². The van der Waals surface area contributed by atoms with Crippen LogP contribution in [0.2, 0.25) is 0 Å². The number of rotatable bonds is 5. The molecule has 108 valence electrons. The first-order chi connectivity index (χ1) is 9.31. The summed E-state index contributed by atoms with van der Waals surface area (Å²) >= 11 is 0. The van der Waals surface area contributed by atoms with Crippen molar-refractivity contribution in [2.24, 2.45) is 0 Å². The normalized spacial score (nSPS) is 11.6. The molecule has 0 saturated carbocycles. The van der Waals surface area contributed by atoms with E-state index in [0.717, 1.165) is 18.1 Å². The summed E-state index contributed by atoms with van der Waals surface area (Å²) in [6.45, 7) is 4.77. The van der Waals surface area contributed by atoms with Crippen molar-refractivity contribution in [2.45, 2.75) is 33.3 Å². The summed E-state index contributed by atoms with van der Waals surface area (Å²) in [5.74, 6) is -2.57. The topological polar surface area (TPSA) is 92.7 Å². The minimum absolute atomic E-state index is 0.573. The molecular formula is C14H17NO5.